The first-order valence-corrected chi connectivity index (χ1v) is 12.9. The Balaban J connectivity index is 1.27. The molecule has 2 aliphatic rings. The first-order chi connectivity index (χ1) is 19.1. The lowest BCUT2D eigenvalue weighted by Crippen LogP contribution is -2.46. The van der Waals surface area contributed by atoms with Crippen LogP contribution >= 0.6 is 0 Å². The van der Waals surface area contributed by atoms with Crippen molar-refractivity contribution in [1.29, 1.82) is 5.26 Å². The van der Waals surface area contributed by atoms with Gasteiger partial charge in [0, 0.05) is 62.3 Å². The van der Waals surface area contributed by atoms with Crippen LogP contribution in [0.15, 0.2) is 54.7 Å². The van der Waals surface area contributed by atoms with Gasteiger partial charge < -0.3 is 30.1 Å². The minimum absolute atomic E-state index is 0.0849. The maximum Gasteiger partial charge on any atom is 0.248 e. The maximum atomic E-state index is 11.7. The number of anilines is 3. The fourth-order valence-electron chi connectivity index (χ4n) is 4.85. The van der Waals surface area contributed by atoms with Crippen molar-refractivity contribution >= 4 is 23.2 Å². The van der Waals surface area contributed by atoms with Crippen LogP contribution in [0.2, 0.25) is 0 Å². The summed E-state index contributed by atoms with van der Waals surface area (Å²) in [6.07, 6.45) is 2.08. The van der Waals surface area contributed by atoms with Crippen LogP contribution < -0.4 is 15.0 Å². The van der Waals surface area contributed by atoms with Crippen molar-refractivity contribution in [3.8, 4) is 23.1 Å². The van der Waals surface area contributed by atoms with Gasteiger partial charge in [0.05, 0.1) is 24.5 Å². The van der Waals surface area contributed by atoms with Crippen molar-refractivity contribution in [3.05, 3.63) is 60.3 Å². The highest BCUT2D eigenvalue weighted by molar-refractivity contribution is 5.77. The maximum absolute atomic E-state index is 11.7. The number of piperazine rings is 1. The molecule has 1 atom stereocenters. The van der Waals surface area contributed by atoms with Crippen LogP contribution in [0.3, 0.4) is 0 Å². The predicted molar refractivity (Wildman–Crippen MR) is 145 cm³/mol. The second kappa shape index (κ2) is 12.1. The Labute approximate surface area is 226 Å². The number of aliphatic hydroxyl groups excluding tert-OH is 2. The molecule has 39 heavy (non-hydrogen) atoms. The molecule has 0 bridgehead atoms. The fraction of sp³-hybridized carbons (Fsp3) is 0.357. The number of amides is 1. The Bertz CT molecular complexity index is 1350. The molecule has 11 heteroatoms. The quantitative estimate of drug-likeness (QED) is 0.396. The molecule has 0 aliphatic carbocycles. The first-order valence-electron chi connectivity index (χ1n) is 12.9. The van der Waals surface area contributed by atoms with E-state index in [-0.39, 0.29) is 18.7 Å². The van der Waals surface area contributed by atoms with E-state index in [0.717, 1.165) is 43.1 Å². The Kier molecular flexibility index (Phi) is 8.17. The molecule has 0 saturated carbocycles. The number of ether oxygens (including phenoxy) is 1. The van der Waals surface area contributed by atoms with Gasteiger partial charge in [-0.2, -0.15) is 5.26 Å². The number of nitriles is 1. The third kappa shape index (κ3) is 6.26. The Morgan fingerprint density at radius 3 is 2.72 bits per heavy atom. The normalized spacial score (nSPS) is 17.6. The van der Waals surface area contributed by atoms with Crippen molar-refractivity contribution < 1.29 is 19.7 Å². The number of nitrogens with zero attached hydrogens (tertiary/aromatic N) is 6. The molecule has 2 fully saturated rings. The van der Waals surface area contributed by atoms with Gasteiger partial charge in [-0.15, -0.1) is 0 Å². The van der Waals surface area contributed by atoms with Gasteiger partial charge in [-0.05, 0) is 42.5 Å². The number of aromatic nitrogens is 2. The van der Waals surface area contributed by atoms with E-state index in [0.29, 0.717) is 42.5 Å². The van der Waals surface area contributed by atoms with Gasteiger partial charge in [-0.25, -0.2) is 9.97 Å². The van der Waals surface area contributed by atoms with Crippen LogP contribution in [0.1, 0.15) is 12.0 Å². The summed E-state index contributed by atoms with van der Waals surface area (Å²) >= 11 is 0. The monoisotopic (exact) mass is 529 g/mol. The van der Waals surface area contributed by atoms with Crippen molar-refractivity contribution in [2.45, 2.75) is 12.5 Å². The van der Waals surface area contributed by atoms with Crippen LogP contribution in [0, 0.1) is 11.3 Å². The van der Waals surface area contributed by atoms with E-state index in [1.165, 1.54) is 0 Å². The van der Waals surface area contributed by atoms with Crippen LogP contribution in [0.4, 0.5) is 17.3 Å². The van der Waals surface area contributed by atoms with E-state index in [4.69, 9.17) is 9.84 Å². The molecule has 3 N–H and O–H groups in total. The molecule has 1 amide bonds. The zero-order valence-corrected chi connectivity index (χ0v) is 21.5. The predicted octanol–water partition coefficient (Wildman–Crippen LogP) is 1.80. The number of hydrogen-bond donors (Lipinski definition) is 3. The molecule has 2 aliphatic heterocycles. The first kappa shape index (κ1) is 26.4. The standard InChI is InChI=1S/C28H31N7O4/c29-16-21-14-20(4-5-26(21)39-24-7-9-35(17-24)27(38)18-36)25-6-8-30-28(32-25)31-22-2-1-3-23(15-22)34-12-10-33(19-37)11-13-34/h1-6,8,14-15,24,36-37H,7,9-13,17-19H2,(H,30,31,32)/t24-/m1/s1. The summed E-state index contributed by atoms with van der Waals surface area (Å²) in [4.78, 5) is 26.6. The summed E-state index contributed by atoms with van der Waals surface area (Å²) in [6.45, 7) is 3.79. The van der Waals surface area contributed by atoms with Crippen LogP contribution in [-0.4, -0.2) is 94.6 Å². The zero-order valence-electron chi connectivity index (χ0n) is 21.5. The van der Waals surface area contributed by atoms with Crippen molar-refractivity contribution in [1.82, 2.24) is 19.8 Å². The topological polar surface area (TPSA) is 138 Å². The summed E-state index contributed by atoms with van der Waals surface area (Å²) in [5.74, 6) is 0.569. The molecular weight excluding hydrogens is 498 g/mol. The zero-order chi connectivity index (χ0) is 27.2. The van der Waals surface area contributed by atoms with E-state index in [1.54, 1.807) is 29.3 Å². The molecule has 0 radical (unpaired) electrons. The molecule has 3 heterocycles. The van der Waals surface area contributed by atoms with Gasteiger partial charge in [-0.3, -0.25) is 9.69 Å². The van der Waals surface area contributed by atoms with Gasteiger partial charge in [0.15, 0.2) is 0 Å². The fourth-order valence-corrected chi connectivity index (χ4v) is 4.85. The Morgan fingerprint density at radius 2 is 1.95 bits per heavy atom. The molecule has 1 aromatic heterocycles. The number of hydrogen-bond acceptors (Lipinski definition) is 10. The molecule has 5 rings (SSSR count). The smallest absolute Gasteiger partial charge is 0.248 e. The minimum Gasteiger partial charge on any atom is -0.487 e. The lowest BCUT2D eigenvalue weighted by Gasteiger charge is -2.35. The van der Waals surface area contributed by atoms with Gasteiger partial charge in [0.2, 0.25) is 11.9 Å². The van der Waals surface area contributed by atoms with Gasteiger partial charge >= 0.3 is 0 Å². The number of likely N-dealkylation sites (tertiary alicyclic amines) is 1. The van der Waals surface area contributed by atoms with E-state index < -0.39 is 6.61 Å². The molecule has 2 aromatic carbocycles. The Hall–Kier alpha value is -4.24. The highest BCUT2D eigenvalue weighted by atomic mass is 16.5. The Morgan fingerprint density at radius 1 is 1.10 bits per heavy atom. The van der Waals surface area contributed by atoms with Gasteiger partial charge in [0.25, 0.3) is 0 Å². The van der Waals surface area contributed by atoms with Crippen molar-refractivity contribution in [2.24, 2.45) is 0 Å². The third-order valence-corrected chi connectivity index (χ3v) is 7.02. The van der Waals surface area contributed by atoms with Crippen LogP contribution in [0.5, 0.6) is 5.75 Å². The van der Waals surface area contributed by atoms with Gasteiger partial charge in [0.1, 0.15) is 24.5 Å². The van der Waals surface area contributed by atoms with Crippen LogP contribution in [-0.2, 0) is 4.79 Å². The van der Waals surface area contributed by atoms with Crippen molar-refractivity contribution in [2.75, 3.05) is 62.8 Å². The highest BCUT2D eigenvalue weighted by Crippen LogP contribution is 2.29. The number of carbonyl (C=O) groups is 1. The summed E-state index contributed by atoms with van der Waals surface area (Å²) < 4.78 is 6.03. The van der Waals surface area contributed by atoms with Gasteiger partial charge in [-0.1, -0.05) is 6.07 Å². The number of nitrogens with one attached hydrogen (secondary N) is 1. The van der Waals surface area contributed by atoms with Crippen molar-refractivity contribution in [3.63, 3.8) is 0 Å². The highest BCUT2D eigenvalue weighted by Gasteiger charge is 2.27. The summed E-state index contributed by atoms with van der Waals surface area (Å²) in [5, 5.41) is 31.5. The van der Waals surface area contributed by atoms with Crippen LogP contribution in [0.25, 0.3) is 11.3 Å². The summed E-state index contributed by atoms with van der Waals surface area (Å²) in [7, 11) is 0. The number of carbonyl (C=O) groups excluding carboxylic acids is 1. The van der Waals surface area contributed by atoms with E-state index in [2.05, 4.69) is 38.4 Å². The molecule has 3 aromatic rings. The number of aliphatic hydroxyl groups is 2. The lowest BCUT2D eigenvalue weighted by atomic mass is 10.1. The average molecular weight is 530 g/mol. The molecule has 0 spiro atoms. The second-order valence-electron chi connectivity index (χ2n) is 9.54. The SMILES string of the molecule is N#Cc1cc(-c2ccnc(Nc3cccc(N4CCN(CO)CC4)c3)n2)ccc1O[C@@H]1CCN(C(=O)CO)C1. The largest absolute Gasteiger partial charge is 0.487 e. The average Bonchev–Trinajstić information content (AvgIpc) is 3.46. The van der Waals surface area contributed by atoms with E-state index >= 15 is 0 Å². The molecule has 202 valence electrons. The second-order valence-corrected chi connectivity index (χ2v) is 9.54. The molecule has 11 nitrogen and oxygen atoms in total. The molecular formula is C28H31N7O4. The molecule has 0 unspecified atom stereocenters. The number of rotatable bonds is 8. The minimum atomic E-state index is -0.519. The molecule has 2 saturated heterocycles. The summed E-state index contributed by atoms with van der Waals surface area (Å²) in [6, 6.07) is 17.4. The van der Waals surface area contributed by atoms with E-state index in [9.17, 15) is 15.2 Å². The number of benzene rings is 2. The lowest BCUT2D eigenvalue weighted by molar-refractivity contribution is -0.133. The van der Waals surface area contributed by atoms with E-state index in [1.807, 2.05) is 23.1 Å². The summed E-state index contributed by atoms with van der Waals surface area (Å²) in [5.41, 5.74) is 3.74. The third-order valence-electron chi connectivity index (χ3n) is 7.02.